The van der Waals surface area contributed by atoms with Gasteiger partial charge in [-0.2, -0.15) is 0 Å². The molecule has 0 spiro atoms. The molecule has 0 aromatic carbocycles. The highest BCUT2D eigenvalue weighted by atomic mass is 79.9. The predicted molar refractivity (Wildman–Crippen MR) is 67.7 cm³/mol. The molecule has 0 saturated carbocycles. The number of hydrogen-bond donors (Lipinski definition) is 0. The quantitative estimate of drug-likeness (QED) is 0.543. The van der Waals surface area contributed by atoms with Crippen LogP contribution in [-0.4, -0.2) is 0 Å². The molecule has 0 saturated heterocycles. The summed E-state index contributed by atoms with van der Waals surface area (Å²) in [5, 5.41) is 0. The lowest BCUT2D eigenvalue weighted by atomic mass is 10.2. The van der Waals surface area contributed by atoms with Crippen molar-refractivity contribution in [2.75, 3.05) is 0 Å². The number of unbranched alkanes of at least 4 members (excludes halogenated alkanes) is 4. The van der Waals surface area contributed by atoms with Gasteiger partial charge >= 0.3 is 0 Å². The normalized spacial score (nSPS) is 9.57. The van der Waals surface area contributed by atoms with Gasteiger partial charge in [-0.25, -0.2) is 0 Å². The molecule has 14 heavy (non-hydrogen) atoms. The van der Waals surface area contributed by atoms with Crippen LogP contribution in [0, 0.1) is 11.8 Å². The molecule has 1 aromatic heterocycles. The minimum absolute atomic E-state index is 1.04. The number of rotatable bonds is 4. The Morgan fingerprint density at radius 3 is 2.79 bits per heavy atom. The maximum absolute atomic E-state index is 3.43. The van der Waals surface area contributed by atoms with Crippen LogP contribution < -0.4 is 0 Å². The summed E-state index contributed by atoms with van der Waals surface area (Å²) in [6.45, 7) is 2.23. The van der Waals surface area contributed by atoms with Crippen molar-refractivity contribution < 1.29 is 0 Å². The Bertz CT molecular complexity index is 317. The molecule has 1 aromatic rings. The summed E-state index contributed by atoms with van der Waals surface area (Å²) in [5.74, 6) is 6.39. The monoisotopic (exact) mass is 270 g/mol. The maximum Gasteiger partial charge on any atom is 0.0780 e. The lowest BCUT2D eigenvalue weighted by Gasteiger charge is -1.91. The number of hydrogen-bond acceptors (Lipinski definition) is 1. The van der Waals surface area contributed by atoms with Crippen molar-refractivity contribution >= 4 is 27.3 Å². The summed E-state index contributed by atoms with van der Waals surface area (Å²) >= 11 is 5.13. The van der Waals surface area contributed by atoms with Gasteiger partial charge < -0.3 is 0 Å². The highest BCUT2D eigenvalue weighted by Crippen LogP contribution is 2.20. The van der Waals surface area contributed by atoms with Gasteiger partial charge in [0, 0.05) is 6.42 Å². The maximum atomic E-state index is 3.43. The molecule has 0 atom stereocenters. The van der Waals surface area contributed by atoms with Crippen molar-refractivity contribution in [1.82, 2.24) is 0 Å². The Hall–Kier alpha value is -0.260. The molecule has 1 rings (SSSR count). The second-order valence-electron chi connectivity index (χ2n) is 3.22. The van der Waals surface area contributed by atoms with Gasteiger partial charge in [0.2, 0.25) is 0 Å². The van der Waals surface area contributed by atoms with Crippen molar-refractivity contribution in [1.29, 1.82) is 0 Å². The third-order valence-corrected chi connectivity index (χ3v) is 3.48. The van der Waals surface area contributed by atoms with E-state index < -0.39 is 0 Å². The van der Waals surface area contributed by atoms with E-state index in [1.807, 2.05) is 6.07 Å². The average molecular weight is 271 g/mol. The number of halogens is 1. The second kappa shape index (κ2) is 7.09. The van der Waals surface area contributed by atoms with Gasteiger partial charge in [0.1, 0.15) is 0 Å². The van der Waals surface area contributed by atoms with E-state index in [4.69, 9.17) is 0 Å². The van der Waals surface area contributed by atoms with Gasteiger partial charge in [0.15, 0.2) is 0 Å². The SMILES string of the molecule is CCCCCCC#Cc1ccc(Br)s1. The van der Waals surface area contributed by atoms with Crippen LogP contribution in [0.25, 0.3) is 0 Å². The van der Waals surface area contributed by atoms with Gasteiger partial charge in [-0.15, -0.1) is 11.3 Å². The fourth-order valence-corrected chi connectivity index (χ4v) is 2.43. The van der Waals surface area contributed by atoms with E-state index in [0.29, 0.717) is 0 Å². The van der Waals surface area contributed by atoms with E-state index in [2.05, 4.69) is 40.8 Å². The molecule has 1 heterocycles. The summed E-state index contributed by atoms with van der Waals surface area (Å²) < 4.78 is 1.16. The van der Waals surface area contributed by atoms with Crippen LogP contribution in [0.4, 0.5) is 0 Å². The summed E-state index contributed by atoms with van der Waals surface area (Å²) in [6, 6.07) is 4.11. The molecule has 0 nitrogen and oxygen atoms in total. The van der Waals surface area contributed by atoms with Gasteiger partial charge in [-0.1, -0.05) is 38.0 Å². The zero-order valence-corrected chi connectivity index (χ0v) is 10.9. The zero-order valence-electron chi connectivity index (χ0n) is 8.48. The Morgan fingerprint density at radius 1 is 1.29 bits per heavy atom. The van der Waals surface area contributed by atoms with Crippen LogP contribution in [0.3, 0.4) is 0 Å². The molecule has 0 unspecified atom stereocenters. The van der Waals surface area contributed by atoms with Crippen molar-refractivity contribution in [2.45, 2.75) is 39.0 Å². The van der Waals surface area contributed by atoms with Gasteiger partial charge in [-0.3, -0.25) is 0 Å². The molecule has 0 amide bonds. The third kappa shape index (κ3) is 4.83. The number of thiophene rings is 1. The largest absolute Gasteiger partial charge is 0.120 e. The zero-order chi connectivity index (χ0) is 10.2. The molecular formula is C12H15BrS. The van der Waals surface area contributed by atoms with Crippen LogP contribution in [0.2, 0.25) is 0 Å². The van der Waals surface area contributed by atoms with Crippen LogP contribution in [-0.2, 0) is 0 Å². The minimum Gasteiger partial charge on any atom is -0.120 e. The van der Waals surface area contributed by atoms with E-state index in [-0.39, 0.29) is 0 Å². The summed E-state index contributed by atoms with van der Waals surface area (Å²) in [6.07, 6.45) is 6.24. The molecule has 0 N–H and O–H groups in total. The Labute approximate surface area is 98.9 Å². The fourth-order valence-electron chi connectivity index (χ4n) is 1.17. The third-order valence-electron chi connectivity index (χ3n) is 1.94. The Kier molecular flexibility index (Phi) is 5.98. The first-order chi connectivity index (χ1) is 6.83. The van der Waals surface area contributed by atoms with E-state index in [9.17, 15) is 0 Å². The topological polar surface area (TPSA) is 0 Å². The highest BCUT2D eigenvalue weighted by molar-refractivity contribution is 9.11. The summed E-state index contributed by atoms with van der Waals surface area (Å²) in [4.78, 5) is 1.16. The first-order valence-electron chi connectivity index (χ1n) is 5.07. The van der Waals surface area contributed by atoms with Crippen LogP contribution in [0.1, 0.15) is 43.9 Å². The van der Waals surface area contributed by atoms with Crippen molar-refractivity contribution in [2.24, 2.45) is 0 Å². The molecule has 0 bridgehead atoms. The molecular weight excluding hydrogens is 256 g/mol. The molecule has 2 heteroatoms. The summed E-state index contributed by atoms with van der Waals surface area (Å²) in [5.41, 5.74) is 0. The smallest absolute Gasteiger partial charge is 0.0780 e. The van der Waals surface area contributed by atoms with Crippen LogP contribution in [0.5, 0.6) is 0 Å². The molecule has 0 aliphatic carbocycles. The lowest BCUT2D eigenvalue weighted by Crippen LogP contribution is -1.73. The standard InChI is InChI=1S/C12H15BrS/c1-2-3-4-5-6-7-8-11-9-10-12(13)14-11/h9-10H,2-6H2,1H3. The lowest BCUT2D eigenvalue weighted by molar-refractivity contribution is 0.679. The molecule has 0 aliphatic heterocycles. The second-order valence-corrected chi connectivity index (χ2v) is 5.68. The first kappa shape index (κ1) is 11.8. The average Bonchev–Trinajstić information content (AvgIpc) is 2.58. The van der Waals surface area contributed by atoms with E-state index in [1.54, 1.807) is 11.3 Å². The summed E-state index contributed by atoms with van der Waals surface area (Å²) in [7, 11) is 0. The van der Waals surface area contributed by atoms with Gasteiger partial charge in [0.25, 0.3) is 0 Å². The van der Waals surface area contributed by atoms with Crippen molar-refractivity contribution in [3.05, 3.63) is 20.8 Å². The Balaban J connectivity index is 2.20. The van der Waals surface area contributed by atoms with E-state index in [0.717, 1.165) is 15.1 Å². The molecule has 0 aliphatic rings. The van der Waals surface area contributed by atoms with Crippen LogP contribution >= 0.6 is 27.3 Å². The first-order valence-corrected chi connectivity index (χ1v) is 6.68. The molecule has 0 radical (unpaired) electrons. The van der Waals surface area contributed by atoms with Gasteiger partial charge in [-0.05, 0) is 34.5 Å². The highest BCUT2D eigenvalue weighted by Gasteiger charge is 1.91. The minimum atomic E-state index is 1.04. The van der Waals surface area contributed by atoms with Gasteiger partial charge in [0.05, 0.1) is 8.66 Å². The van der Waals surface area contributed by atoms with E-state index >= 15 is 0 Å². The molecule has 76 valence electrons. The fraction of sp³-hybridized carbons (Fsp3) is 0.500. The molecule has 0 fully saturated rings. The Morgan fingerprint density at radius 2 is 2.14 bits per heavy atom. The van der Waals surface area contributed by atoms with Crippen molar-refractivity contribution in [3.8, 4) is 11.8 Å². The predicted octanol–water partition coefficient (Wildman–Crippen LogP) is 4.83. The van der Waals surface area contributed by atoms with E-state index in [1.165, 1.54) is 25.7 Å². The van der Waals surface area contributed by atoms with Crippen molar-refractivity contribution in [3.63, 3.8) is 0 Å². The van der Waals surface area contributed by atoms with Crippen LogP contribution in [0.15, 0.2) is 15.9 Å².